The number of epoxide rings is 1. The van der Waals surface area contributed by atoms with Gasteiger partial charge in [0.25, 0.3) is 0 Å². The largest absolute Gasteiger partial charge is 0.481 e. The Kier molecular flexibility index (Phi) is 7.04. The lowest BCUT2D eigenvalue weighted by atomic mass is 9.71. The number of carbonyl (C=O) groups is 2. The standard InChI is InChI=1S/C22H32O5/c1-5-16(17-9-7-6-8-10-17)13-22(4,12-11-21(2,3)19(23)24)20(25)27-15-18-14-26-18/h6-10,16,18H,5,11-15H2,1-4H3,(H,23,24). The minimum absolute atomic E-state index is 0.0183. The molecule has 5 heteroatoms. The molecule has 1 aromatic carbocycles. The maximum absolute atomic E-state index is 12.9. The van der Waals surface area contributed by atoms with Crippen LogP contribution in [-0.4, -0.2) is 36.4 Å². The predicted molar refractivity (Wildman–Crippen MR) is 104 cm³/mol. The van der Waals surface area contributed by atoms with Crippen molar-refractivity contribution in [1.82, 2.24) is 0 Å². The molecule has 1 aromatic rings. The summed E-state index contributed by atoms with van der Waals surface area (Å²) >= 11 is 0. The fraction of sp³-hybridized carbons (Fsp3) is 0.636. The van der Waals surface area contributed by atoms with E-state index in [0.717, 1.165) is 6.42 Å². The van der Waals surface area contributed by atoms with E-state index >= 15 is 0 Å². The number of benzene rings is 1. The molecule has 1 N–H and O–H groups in total. The van der Waals surface area contributed by atoms with Crippen molar-refractivity contribution >= 4 is 11.9 Å². The van der Waals surface area contributed by atoms with Gasteiger partial charge in [-0.25, -0.2) is 0 Å². The smallest absolute Gasteiger partial charge is 0.311 e. The van der Waals surface area contributed by atoms with Crippen molar-refractivity contribution in [3.8, 4) is 0 Å². The topological polar surface area (TPSA) is 76.1 Å². The molecule has 3 atom stereocenters. The summed E-state index contributed by atoms with van der Waals surface area (Å²) < 4.78 is 10.7. The van der Waals surface area contributed by atoms with Gasteiger partial charge in [-0.3, -0.25) is 9.59 Å². The van der Waals surface area contributed by atoms with Gasteiger partial charge in [0.2, 0.25) is 0 Å². The van der Waals surface area contributed by atoms with E-state index in [1.165, 1.54) is 5.56 Å². The van der Waals surface area contributed by atoms with Gasteiger partial charge in [-0.1, -0.05) is 37.3 Å². The molecular weight excluding hydrogens is 344 g/mol. The minimum atomic E-state index is -0.879. The number of esters is 1. The van der Waals surface area contributed by atoms with Crippen LogP contribution in [0.3, 0.4) is 0 Å². The van der Waals surface area contributed by atoms with Crippen LogP contribution in [0.2, 0.25) is 0 Å². The maximum atomic E-state index is 12.9. The van der Waals surface area contributed by atoms with Crippen molar-refractivity contribution in [2.45, 2.75) is 65.4 Å². The molecule has 3 unspecified atom stereocenters. The minimum Gasteiger partial charge on any atom is -0.481 e. The zero-order chi connectivity index (χ0) is 20.1. The summed E-state index contributed by atoms with van der Waals surface area (Å²) in [5, 5.41) is 9.43. The van der Waals surface area contributed by atoms with Crippen molar-refractivity contribution in [3.05, 3.63) is 35.9 Å². The normalized spacial score (nSPS) is 19.8. The molecule has 2 rings (SSSR count). The summed E-state index contributed by atoms with van der Waals surface area (Å²) in [7, 11) is 0. The fourth-order valence-electron chi connectivity index (χ4n) is 3.26. The molecule has 0 amide bonds. The van der Waals surface area contributed by atoms with Crippen LogP contribution in [0.5, 0.6) is 0 Å². The summed E-state index contributed by atoms with van der Waals surface area (Å²) in [5.74, 6) is -0.887. The fourth-order valence-corrected chi connectivity index (χ4v) is 3.26. The molecule has 0 spiro atoms. The molecular formula is C22H32O5. The first-order valence-electron chi connectivity index (χ1n) is 9.75. The number of carbonyl (C=O) groups excluding carboxylic acids is 1. The van der Waals surface area contributed by atoms with Crippen LogP contribution in [0.25, 0.3) is 0 Å². The monoisotopic (exact) mass is 376 g/mol. The highest BCUT2D eigenvalue weighted by atomic mass is 16.6. The lowest BCUT2D eigenvalue weighted by Gasteiger charge is -2.33. The van der Waals surface area contributed by atoms with Crippen LogP contribution in [0.15, 0.2) is 30.3 Å². The molecule has 0 radical (unpaired) electrons. The highest BCUT2D eigenvalue weighted by molar-refractivity contribution is 5.77. The van der Waals surface area contributed by atoms with E-state index in [-0.39, 0.29) is 24.6 Å². The van der Waals surface area contributed by atoms with E-state index in [1.54, 1.807) is 13.8 Å². The summed E-state index contributed by atoms with van der Waals surface area (Å²) in [6.07, 6.45) is 2.44. The van der Waals surface area contributed by atoms with E-state index in [9.17, 15) is 14.7 Å². The van der Waals surface area contributed by atoms with E-state index in [2.05, 4.69) is 19.1 Å². The first-order chi connectivity index (χ1) is 12.7. The maximum Gasteiger partial charge on any atom is 0.311 e. The van der Waals surface area contributed by atoms with Gasteiger partial charge in [0, 0.05) is 0 Å². The molecule has 1 saturated heterocycles. The van der Waals surface area contributed by atoms with Crippen LogP contribution in [-0.2, 0) is 19.1 Å². The number of aliphatic carboxylic acids is 1. The molecule has 5 nitrogen and oxygen atoms in total. The molecule has 0 aromatic heterocycles. The quantitative estimate of drug-likeness (QED) is 0.457. The highest BCUT2D eigenvalue weighted by Gasteiger charge is 2.41. The van der Waals surface area contributed by atoms with E-state index in [1.807, 2.05) is 25.1 Å². The third-order valence-electron chi connectivity index (χ3n) is 5.64. The van der Waals surface area contributed by atoms with Gasteiger partial charge in [0.15, 0.2) is 0 Å². The van der Waals surface area contributed by atoms with Gasteiger partial charge in [-0.15, -0.1) is 0 Å². The third-order valence-corrected chi connectivity index (χ3v) is 5.64. The molecule has 0 saturated carbocycles. The van der Waals surface area contributed by atoms with Crippen LogP contribution < -0.4 is 0 Å². The Morgan fingerprint density at radius 1 is 1.22 bits per heavy atom. The SMILES string of the molecule is CCC(CC(C)(CCC(C)(C)C(=O)O)C(=O)OCC1CO1)c1ccccc1. The summed E-state index contributed by atoms with van der Waals surface area (Å²) in [4.78, 5) is 24.4. The molecule has 1 fully saturated rings. The van der Waals surface area contributed by atoms with Gasteiger partial charge in [-0.2, -0.15) is 0 Å². The second-order valence-electron chi connectivity index (χ2n) is 8.52. The van der Waals surface area contributed by atoms with E-state index in [4.69, 9.17) is 9.47 Å². The highest BCUT2D eigenvalue weighted by Crippen LogP contribution is 2.41. The van der Waals surface area contributed by atoms with Crippen LogP contribution in [0.1, 0.15) is 64.9 Å². The Morgan fingerprint density at radius 3 is 2.37 bits per heavy atom. The Morgan fingerprint density at radius 2 is 1.85 bits per heavy atom. The van der Waals surface area contributed by atoms with Gasteiger partial charge in [-0.05, 0) is 57.9 Å². The molecule has 27 heavy (non-hydrogen) atoms. The van der Waals surface area contributed by atoms with Crippen molar-refractivity contribution in [2.75, 3.05) is 13.2 Å². The summed E-state index contributed by atoms with van der Waals surface area (Å²) in [6, 6.07) is 10.2. The van der Waals surface area contributed by atoms with Gasteiger partial charge < -0.3 is 14.6 Å². The van der Waals surface area contributed by atoms with Crippen LogP contribution in [0.4, 0.5) is 0 Å². The number of hydrogen-bond acceptors (Lipinski definition) is 4. The molecule has 150 valence electrons. The number of hydrogen-bond donors (Lipinski definition) is 1. The lowest BCUT2D eigenvalue weighted by Crippen LogP contribution is -2.35. The average molecular weight is 376 g/mol. The summed E-state index contributed by atoms with van der Waals surface area (Å²) in [6.45, 7) is 8.34. The number of rotatable bonds is 11. The van der Waals surface area contributed by atoms with E-state index < -0.39 is 16.8 Å². The molecule has 0 aliphatic carbocycles. The van der Waals surface area contributed by atoms with Gasteiger partial charge in [0.05, 0.1) is 17.4 Å². The Hall–Kier alpha value is -1.88. The van der Waals surface area contributed by atoms with Crippen LogP contribution in [0, 0.1) is 10.8 Å². The number of carboxylic acids is 1. The van der Waals surface area contributed by atoms with Crippen LogP contribution >= 0.6 is 0 Å². The second kappa shape index (κ2) is 8.87. The lowest BCUT2D eigenvalue weighted by molar-refractivity contribution is -0.158. The molecule has 1 heterocycles. The Balaban J connectivity index is 2.15. The Labute approximate surface area is 162 Å². The zero-order valence-electron chi connectivity index (χ0n) is 16.9. The first kappa shape index (κ1) is 21.4. The summed E-state index contributed by atoms with van der Waals surface area (Å²) in [5.41, 5.74) is -0.421. The third kappa shape index (κ3) is 6.06. The van der Waals surface area contributed by atoms with Gasteiger partial charge in [0.1, 0.15) is 12.7 Å². The number of ether oxygens (including phenoxy) is 2. The van der Waals surface area contributed by atoms with Crippen molar-refractivity contribution < 1.29 is 24.2 Å². The molecule has 1 aliphatic heterocycles. The van der Waals surface area contributed by atoms with Crippen molar-refractivity contribution in [1.29, 1.82) is 0 Å². The second-order valence-corrected chi connectivity index (χ2v) is 8.52. The van der Waals surface area contributed by atoms with Gasteiger partial charge >= 0.3 is 11.9 Å². The Bertz CT molecular complexity index is 635. The molecule has 1 aliphatic rings. The van der Waals surface area contributed by atoms with Crippen molar-refractivity contribution in [2.24, 2.45) is 10.8 Å². The zero-order valence-corrected chi connectivity index (χ0v) is 16.9. The predicted octanol–water partition coefficient (Wildman–Crippen LogP) is 4.41. The first-order valence-corrected chi connectivity index (χ1v) is 9.75. The van der Waals surface area contributed by atoms with Crippen molar-refractivity contribution in [3.63, 3.8) is 0 Å². The van der Waals surface area contributed by atoms with E-state index in [0.29, 0.717) is 25.9 Å². The average Bonchev–Trinajstić information content (AvgIpc) is 3.47. The number of carboxylic acid groups (broad SMARTS) is 1. The molecule has 0 bridgehead atoms.